The van der Waals surface area contributed by atoms with Crippen molar-refractivity contribution in [1.29, 1.82) is 0 Å². The molecule has 0 saturated carbocycles. The number of anilines is 2. The predicted octanol–water partition coefficient (Wildman–Crippen LogP) is 1.53. The Kier molecular flexibility index (Phi) is 5.56. The first-order valence-corrected chi connectivity index (χ1v) is 5.67. The summed E-state index contributed by atoms with van der Waals surface area (Å²) in [5, 5.41) is 6.23. The lowest BCUT2D eigenvalue weighted by Gasteiger charge is -2.08. The van der Waals surface area contributed by atoms with Crippen LogP contribution in [0.1, 0.15) is 19.7 Å². The zero-order valence-corrected chi connectivity index (χ0v) is 10.2. The van der Waals surface area contributed by atoms with Gasteiger partial charge in [-0.25, -0.2) is 9.97 Å². The normalized spacial score (nSPS) is 10.2. The quantitative estimate of drug-likeness (QED) is 0.688. The molecular weight excluding hydrogens is 204 g/mol. The van der Waals surface area contributed by atoms with Gasteiger partial charge in [0.1, 0.15) is 17.5 Å². The number of hydrogen-bond donors (Lipinski definition) is 2. The van der Waals surface area contributed by atoms with Gasteiger partial charge < -0.3 is 15.4 Å². The van der Waals surface area contributed by atoms with Gasteiger partial charge in [-0.05, 0) is 6.92 Å². The van der Waals surface area contributed by atoms with Crippen LogP contribution >= 0.6 is 0 Å². The maximum absolute atomic E-state index is 5.25. The Labute approximate surface area is 96.6 Å². The summed E-state index contributed by atoms with van der Waals surface area (Å²) in [4.78, 5) is 8.70. The number of rotatable bonds is 7. The maximum Gasteiger partial charge on any atom is 0.132 e. The summed E-state index contributed by atoms with van der Waals surface area (Å²) in [7, 11) is 1.85. The van der Waals surface area contributed by atoms with Crippen molar-refractivity contribution >= 4 is 11.6 Å². The third-order valence-corrected chi connectivity index (χ3v) is 2.10. The van der Waals surface area contributed by atoms with Gasteiger partial charge in [0.25, 0.3) is 0 Å². The molecule has 0 bridgehead atoms. The average Bonchev–Trinajstić information content (AvgIpc) is 2.34. The second kappa shape index (κ2) is 7.00. The van der Waals surface area contributed by atoms with Crippen molar-refractivity contribution < 1.29 is 4.74 Å². The minimum absolute atomic E-state index is 0.691. The molecule has 90 valence electrons. The monoisotopic (exact) mass is 224 g/mol. The maximum atomic E-state index is 5.25. The van der Waals surface area contributed by atoms with Gasteiger partial charge in [0, 0.05) is 32.7 Å². The van der Waals surface area contributed by atoms with Crippen LogP contribution in [0, 0.1) is 0 Å². The summed E-state index contributed by atoms with van der Waals surface area (Å²) in [6.07, 6.45) is 0.829. The standard InChI is InChI=1S/C11H20N4O/c1-4-9-14-10(12-3)8-11(15-9)13-6-7-16-5-2/h8H,4-7H2,1-3H3,(H2,12,13,14,15). The topological polar surface area (TPSA) is 59.1 Å². The molecule has 0 aliphatic rings. The van der Waals surface area contributed by atoms with E-state index >= 15 is 0 Å². The summed E-state index contributed by atoms with van der Waals surface area (Å²) in [6, 6.07) is 1.89. The highest BCUT2D eigenvalue weighted by Crippen LogP contribution is 2.10. The van der Waals surface area contributed by atoms with Crippen LogP contribution in [-0.4, -0.2) is 36.8 Å². The second-order valence-corrected chi connectivity index (χ2v) is 3.28. The van der Waals surface area contributed by atoms with Crippen molar-refractivity contribution in [2.24, 2.45) is 0 Å². The molecule has 0 unspecified atom stereocenters. The molecular formula is C11H20N4O. The Bertz CT molecular complexity index is 295. The number of aryl methyl sites for hydroxylation is 1. The van der Waals surface area contributed by atoms with E-state index in [2.05, 4.69) is 20.6 Å². The fourth-order valence-corrected chi connectivity index (χ4v) is 1.27. The van der Waals surface area contributed by atoms with E-state index in [4.69, 9.17) is 4.74 Å². The van der Waals surface area contributed by atoms with E-state index in [1.165, 1.54) is 0 Å². The molecule has 5 heteroatoms. The zero-order valence-electron chi connectivity index (χ0n) is 10.2. The smallest absolute Gasteiger partial charge is 0.132 e. The number of ether oxygens (including phenoxy) is 1. The Balaban J connectivity index is 2.57. The molecule has 1 rings (SSSR count). The molecule has 0 amide bonds. The van der Waals surface area contributed by atoms with Crippen LogP contribution in [0.15, 0.2) is 6.07 Å². The summed E-state index contributed by atoms with van der Waals surface area (Å²) in [6.45, 7) is 6.22. The summed E-state index contributed by atoms with van der Waals surface area (Å²) < 4.78 is 5.25. The zero-order chi connectivity index (χ0) is 11.8. The fraction of sp³-hybridized carbons (Fsp3) is 0.636. The van der Waals surface area contributed by atoms with E-state index in [-0.39, 0.29) is 0 Å². The van der Waals surface area contributed by atoms with E-state index in [0.717, 1.165) is 37.0 Å². The Morgan fingerprint density at radius 2 is 2.00 bits per heavy atom. The van der Waals surface area contributed by atoms with Crippen molar-refractivity contribution in [1.82, 2.24) is 9.97 Å². The molecule has 0 spiro atoms. The van der Waals surface area contributed by atoms with Gasteiger partial charge in [-0.1, -0.05) is 6.92 Å². The lowest BCUT2D eigenvalue weighted by atomic mass is 10.4. The van der Waals surface area contributed by atoms with Gasteiger partial charge in [0.05, 0.1) is 6.61 Å². The van der Waals surface area contributed by atoms with Crippen LogP contribution in [0.25, 0.3) is 0 Å². The first-order valence-electron chi connectivity index (χ1n) is 5.67. The van der Waals surface area contributed by atoms with Gasteiger partial charge in [0.2, 0.25) is 0 Å². The number of nitrogens with one attached hydrogen (secondary N) is 2. The third-order valence-electron chi connectivity index (χ3n) is 2.10. The molecule has 1 aromatic rings. The number of aromatic nitrogens is 2. The predicted molar refractivity (Wildman–Crippen MR) is 65.9 cm³/mol. The Hall–Kier alpha value is -1.36. The largest absolute Gasteiger partial charge is 0.380 e. The highest BCUT2D eigenvalue weighted by Gasteiger charge is 2.01. The molecule has 0 aliphatic carbocycles. The van der Waals surface area contributed by atoms with E-state index < -0.39 is 0 Å². The van der Waals surface area contributed by atoms with E-state index in [1.54, 1.807) is 0 Å². The van der Waals surface area contributed by atoms with Crippen molar-refractivity contribution in [2.45, 2.75) is 20.3 Å². The Morgan fingerprint density at radius 3 is 2.62 bits per heavy atom. The first kappa shape index (κ1) is 12.7. The summed E-state index contributed by atoms with van der Waals surface area (Å²) in [5.41, 5.74) is 0. The molecule has 0 saturated heterocycles. The number of hydrogen-bond acceptors (Lipinski definition) is 5. The third kappa shape index (κ3) is 4.02. The SMILES string of the molecule is CCOCCNc1cc(NC)nc(CC)n1. The molecule has 0 aromatic carbocycles. The first-order chi connectivity index (χ1) is 7.80. The fourth-order valence-electron chi connectivity index (χ4n) is 1.27. The van der Waals surface area contributed by atoms with E-state index in [9.17, 15) is 0 Å². The van der Waals surface area contributed by atoms with Gasteiger partial charge in [-0.3, -0.25) is 0 Å². The highest BCUT2D eigenvalue weighted by molar-refractivity contribution is 5.47. The minimum atomic E-state index is 0.691. The molecule has 1 aromatic heterocycles. The molecule has 5 nitrogen and oxygen atoms in total. The van der Waals surface area contributed by atoms with Crippen LogP contribution in [0.5, 0.6) is 0 Å². The molecule has 1 heterocycles. The van der Waals surface area contributed by atoms with Gasteiger partial charge in [-0.2, -0.15) is 0 Å². The van der Waals surface area contributed by atoms with Gasteiger partial charge >= 0.3 is 0 Å². The van der Waals surface area contributed by atoms with Gasteiger partial charge in [0.15, 0.2) is 0 Å². The van der Waals surface area contributed by atoms with Crippen LogP contribution in [0.2, 0.25) is 0 Å². The molecule has 2 N–H and O–H groups in total. The highest BCUT2D eigenvalue weighted by atomic mass is 16.5. The van der Waals surface area contributed by atoms with E-state index in [0.29, 0.717) is 6.61 Å². The molecule has 0 radical (unpaired) electrons. The molecule has 0 aliphatic heterocycles. The average molecular weight is 224 g/mol. The van der Waals surface area contributed by atoms with Crippen molar-refractivity contribution in [3.63, 3.8) is 0 Å². The molecule has 16 heavy (non-hydrogen) atoms. The summed E-state index contributed by atoms with van der Waals surface area (Å²) >= 11 is 0. The Morgan fingerprint density at radius 1 is 1.25 bits per heavy atom. The lowest BCUT2D eigenvalue weighted by Crippen LogP contribution is -2.12. The molecule has 0 atom stereocenters. The minimum Gasteiger partial charge on any atom is -0.380 e. The van der Waals surface area contributed by atoms with Crippen molar-refractivity contribution in [3.8, 4) is 0 Å². The van der Waals surface area contributed by atoms with Crippen LogP contribution in [0.3, 0.4) is 0 Å². The second-order valence-electron chi connectivity index (χ2n) is 3.28. The van der Waals surface area contributed by atoms with Crippen molar-refractivity contribution in [3.05, 3.63) is 11.9 Å². The lowest BCUT2D eigenvalue weighted by molar-refractivity contribution is 0.158. The van der Waals surface area contributed by atoms with Crippen LogP contribution < -0.4 is 10.6 Å². The molecule has 0 fully saturated rings. The van der Waals surface area contributed by atoms with Gasteiger partial charge in [-0.15, -0.1) is 0 Å². The van der Waals surface area contributed by atoms with Crippen molar-refractivity contribution in [2.75, 3.05) is 37.4 Å². The van der Waals surface area contributed by atoms with Crippen LogP contribution in [-0.2, 0) is 11.2 Å². The van der Waals surface area contributed by atoms with E-state index in [1.807, 2.05) is 27.0 Å². The summed E-state index contributed by atoms with van der Waals surface area (Å²) in [5.74, 6) is 2.52. The van der Waals surface area contributed by atoms with Crippen LogP contribution in [0.4, 0.5) is 11.6 Å². The number of nitrogens with zero attached hydrogens (tertiary/aromatic N) is 2.